The highest BCUT2D eigenvalue weighted by Gasteiger charge is 1.91. The fraction of sp³-hybridized carbons (Fsp3) is 0.529. The van der Waals surface area contributed by atoms with E-state index in [1.807, 2.05) is 6.92 Å². The standard InChI is InChI=1S/C17H25Br/c1-14(2)8-6-9-15(3)10-7-11-16(4)12-13-17(5)18/h8,10H,6-7,9,11H2,1-5H3/b15-10+,17-16?. The Kier molecular flexibility index (Phi) is 9.79. The Morgan fingerprint density at radius 2 is 1.50 bits per heavy atom. The number of hydrogen-bond donors (Lipinski definition) is 0. The maximum Gasteiger partial charge on any atom is 0.0421 e. The number of rotatable bonds is 6. The maximum absolute atomic E-state index is 3.35. The molecule has 100 valence electrons. The number of allylic oxidation sites excluding steroid dienone is 6. The highest BCUT2D eigenvalue weighted by atomic mass is 79.9. The van der Waals surface area contributed by atoms with E-state index in [2.05, 4.69) is 67.2 Å². The molecule has 0 aromatic rings. The molecule has 18 heavy (non-hydrogen) atoms. The minimum absolute atomic E-state index is 0.996. The van der Waals surface area contributed by atoms with Gasteiger partial charge in [0.1, 0.15) is 0 Å². The number of halogens is 1. The molecule has 0 aromatic carbocycles. The summed E-state index contributed by atoms with van der Waals surface area (Å²) < 4.78 is 0.996. The van der Waals surface area contributed by atoms with Gasteiger partial charge in [-0.1, -0.05) is 34.8 Å². The lowest BCUT2D eigenvalue weighted by molar-refractivity contribution is 0.919. The molecule has 0 radical (unpaired) electrons. The van der Waals surface area contributed by atoms with Crippen molar-refractivity contribution in [2.24, 2.45) is 0 Å². The first-order chi connectivity index (χ1) is 8.41. The summed E-state index contributed by atoms with van der Waals surface area (Å²) in [5.41, 5.74) is 10.3. The van der Waals surface area contributed by atoms with Crippen LogP contribution in [0.4, 0.5) is 0 Å². The van der Waals surface area contributed by atoms with Crippen molar-refractivity contribution < 1.29 is 0 Å². The van der Waals surface area contributed by atoms with Crippen LogP contribution in [0.1, 0.15) is 60.3 Å². The van der Waals surface area contributed by atoms with Crippen LogP contribution in [0.25, 0.3) is 0 Å². The van der Waals surface area contributed by atoms with Crippen molar-refractivity contribution >= 4 is 15.9 Å². The van der Waals surface area contributed by atoms with E-state index in [0.717, 1.165) is 23.7 Å². The van der Waals surface area contributed by atoms with E-state index >= 15 is 0 Å². The highest BCUT2D eigenvalue weighted by molar-refractivity contribution is 9.11. The van der Waals surface area contributed by atoms with Crippen molar-refractivity contribution in [3.8, 4) is 0 Å². The summed E-state index contributed by atoms with van der Waals surface area (Å²) in [6.45, 7) is 10.6. The Hall–Kier alpha value is -0.740. The van der Waals surface area contributed by atoms with E-state index in [4.69, 9.17) is 0 Å². The lowest BCUT2D eigenvalue weighted by Crippen LogP contribution is -1.79. The molecule has 0 spiro atoms. The third-order valence-corrected chi connectivity index (χ3v) is 2.75. The fourth-order valence-corrected chi connectivity index (χ4v) is 1.58. The van der Waals surface area contributed by atoms with Crippen LogP contribution in [0.3, 0.4) is 0 Å². The van der Waals surface area contributed by atoms with Gasteiger partial charge in [0.05, 0.1) is 0 Å². The van der Waals surface area contributed by atoms with E-state index < -0.39 is 0 Å². The van der Waals surface area contributed by atoms with Crippen LogP contribution < -0.4 is 0 Å². The first-order valence-corrected chi connectivity index (χ1v) is 7.33. The monoisotopic (exact) mass is 308 g/mol. The van der Waals surface area contributed by atoms with E-state index in [1.165, 1.54) is 23.1 Å². The largest absolute Gasteiger partial charge is 0.0856 e. The molecule has 0 rings (SSSR count). The van der Waals surface area contributed by atoms with Crippen LogP contribution in [-0.4, -0.2) is 0 Å². The highest BCUT2D eigenvalue weighted by Crippen LogP contribution is 2.10. The molecule has 0 unspecified atom stereocenters. The zero-order chi connectivity index (χ0) is 14.0. The Morgan fingerprint density at radius 1 is 0.889 bits per heavy atom. The molecule has 0 aromatic heterocycles. The summed E-state index contributed by atoms with van der Waals surface area (Å²) in [6, 6.07) is 0. The Bertz CT molecular complexity index is 401. The minimum Gasteiger partial charge on any atom is -0.0856 e. The topological polar surface area (TPSA) is 0 Å². The van der Waals surface area contributed by atoms with Gasteiger partial charge in [-0.2, -0.15) is 0 Å². The maximum atomic E-state index is 3.35. The molecule has 0 saturated carbocycles. The third-order valence-electron chi connectivity index (χ3n) is 2.55. The summed E-state index contributed by atoms with van der Waals surface area (Å²) in [7, 11) is 0. The van der Waals surface area contributed by atoms with E-state index in [0.29, 0.717) is 0 Å². The Balaban J connectivity index is 4.13. The van der Waals surface area contributed by atoms with Gasteiger partial charge in [0.15, 0.2) is 0 Å². The van der Waals surface area contributed by atoms with Crippen LogP contribution in [0, 0.1) is 0 Å². The van der Waals surface area contributed by atoms with Gasteiger partial charge in [-0.25, -0.2) is 0 Å². The van der Waals surface area contributed by atoms with Crippen LogP contribution in [0.15, 0.2) is 44.8 Å². The molecule has 0 saturated heterocycles. The van der Waals surface area contributed by atoms with Gasteiger partial charge in [-0.15, -0.1) is 0 Å². The molecular formula is C17H25Br. The molecule has 0 aliphatic heterocycles. The van der Waals surface area contributed by atoms with Crippen LogP contribution in [-0.2, 0) is 0 Å². The summed E-state index contributed by atoms with van der Waals surface area (Å²) in [5.74, 6) is 0. The average molecular weight is 309 g/mol. The van der Waals surface area contributed by atoms with Crippen LogP contribution in [0.2, 0.25) is 0 Å². The van der Waals surface area contributed by atoms with Crippen molar-refractivity contribution in [3.05, 3.63) is 44.8 Å². The van der Waals surface area contributed by atoms with Gasteiger partial charge < -0.3 is 0 Å². The normalized spacial score (nSPS) is 10.4. The van der Waals surface area contributed by atoms with Crippen LogP contribution >= 0.6 is 15.9 Å². The molecule has 0 nitrogen and oxygen atoms in total. The Morgan fingerprint density at radius 3 is 2.06 bits per heavy atom. The lowest BCUT2D eigenvalue weighted by atomic mass is 10.1. The zero-order valence-electron chi connectivity index (χ0n) is 12.4. The van der Waals surface area contributed by atoms with Crippen molar-refractivity contribution in [1.29, 1.82) is 0 Å². The number of hydrogen-bond acceptors (Lipinski definition) is 0. The molecule has 1 heteroatoms. The van der Waals surface area contributed by atoms with E-state index in [1.54, 1.807) is 0 Å². The molecule has 0 amide bonds. The molecule has 0 atom stereocenters. The fourth-order valence-electron chi connectivity index (χ4n) is 1.48. The van der Waals surface area contributed by atoms with Gasteiger partial charge in [0.2, 0.25) is 0 Å². The molecule has 0 N–H and O–H groups in total. The SMILES string of the molecule is CC(Br)=C=C=C(C)CC/C=C(\C)CCC=C(C)C. The van der Waals surface area contributed by atoms with Gasteiger partial charge >= 0.3 is 0 Å². The summed E-state index contributed by atoms with van der Waals surface area (Å²) in [5, 5.41) is 0. The molecule has 0 fully saturated rings. The quantitative estimate of drug-likeness (QED) is 0.390. The Labute approximate surface area is 121 Å². The predicted octanol–water partition coefficient (Wildman–Crippen LogP) is 6.46. The van der Waals surface area contributed by atoms with Crippen molar-refractivity contribution in [2.45, 2.75) is 60.3 Å². The first kappa shape index (κ1) is 17.3. The van der Waals surface area contributed by atoms with E-state index in [-0.39, 0.29) is 0 Å². The van der Waals surface area contributed by atoms with Crippen molar-refractivity contribution in [3.63, 3.8) is 0 Å². The smallest absolute Gasteiger partial charge is 0.0421 e. The first-order valence-electron chi connectivity index (χ1n) is 6.54. The minimum atomic E-state index is 0.996. The van der Waals surface area contributed by atoms with Crippen molar-refractivity contribution in [1.82, 2.24) is 0 Å². The second-order valence-corrected chi connectivity index (χ2v) is 6.16. The van der Waals surface area contributed by atoms with Gasteiger partial charge in [-0.05, 0) is 81.8 Å². The second-order valence-electron chi connectivity index (χ2n) is 4.97. The lowest BCUT2D eigenvalue weighted by Gasteiger charge is -1.99. The summed E-state index contributed by atoms with van der Waals surface area (Å²) >= 11 is 3.35. The van der Waals surface area contributed by atoms with Crippen molar-refractivity contribution in [2.75, 3.05) is 0 Å². The summed E-state index contributed by atoms with van der Waals surface area (Å²) in [4.78, 5) is 0. The second kappa shape index (κ2) is 10.2. The third kappa shape index (κ3) is 11.7. The molecule has 0 aliphatic carbocycles. The van der Waals surface area contributed by atoms with Gasteiger partial charge in [-0.3, -0.25) is 0 Å². The zero-order valence-corrected chi connectivity index (χ0v) is 13.9. The van der Waals surface area contributed by atoms with Crippen LogP contribution in [0.5, 0.6) is 0 Å². The van der Waals surface area contributed by atoms with Gasteiger partial charge in [0, 0.05) is 4.48 Å². The molecule has 0 heterocycles. The molecule has 0 aliphatic rings. The average Bonchev–Trinajstić information content (AvgIpc) is 2.25. The van der Waals surface area contributed by atoms with Gasteiger partial charge in [0.25, 0.3) is 0 Å². The van der Waals surface area contributed by atoms with E-state index in [9.17, 15) is 0 Å². The predicted molar refractivity (Wildman–Crippen MR) is 86.0 cm³/mol. The molecular weight excluding hydrogens is 284 g/mol. The summed E-state index contributed by atoms with van der Waals surface area (Å²) in [6.07, 6.45) is 9.13. The molecule has 0 bridgehead atoms.